The maximum atomic E-state index is 13.3. The Morgan fingerprint density at radius 1 is 1.11 bits per heavy atom. The second kappa shape index (κ2) is 5.04. The highest BCUT2D eigenvalue weighted by molar-refractivity contribution is 4.85. The first-order valence-electron chi connectivity index (χ1n) is 7.36. The van der Waals surface area contributed by atoms with Gasteiger partial charge in [0.25, 0.3) is 5.92 Å². The van der Waals surface area contributed by atoms with Crippen molar-refractivity contribution in [3.63, 3.8) is 0 Å². The van der Waals surface area contributed by atoms with E-state index in [9.17, 15) is 8.78 Å². The fraction of sp³-hybridized carbons (Fsp3) is 1.00. The molecule has 4 heteroatoms. The van der Waals surface area contributed by atoms with Gasteiger partial charge in [0, 0.05) is 32.5 Å². The Morgan fingerprint density at radius 2 is 1.94 bits per heavy atom. The Balaban J connectivity index is 1.42. The van der Waals surface area contributed by atoms with E-state index in [1.165, 1.54) is 19.4 Å². The van der Waals surface area contributed by atoms with Crippen LogP contribution in [0.2, 0.25) is 0 Å². The average molecular weight is 259 g/mol. The van der Waals surface area contributed by atoms with E-state index in [0.29, 0.717) is 6.42 Å². The zero-order valence-electron chi connectivity index (χ0n) is 10.9. The third-order valence-corrected chi connectivity index (χ3v) is 4.42. The number of likely N-dealkylation sites (tertiary alicyclic amines) is 1. The van der Waals surface area contributed by atoms with Gasteiger partial charge in [-0.3, -0.25) is 0 Å². The van der Waals surface area contributed by atoms with Crippen LogP contribution in [0, 0.1) is 5.92 Å². The van der Waals surface area contributed by atoms with Crippen LogP contribution >= 0.6 is 0 Å². The van der Waals surface area contributed by atoms with Crippen LogP contribution in [0.15, 0.2) is 0 Å². The zero-order valence-corrected chi connectivity index (χ0v) is 10.9. The Bertz CT molecular complexity index is 294. The van der Waals surface area contributed by atoms with Gasteiger partial charge in [-0.1, -0.05) is 0 Å². The smallest absolute Gasteiger partial charge is 0.250 e. The summed E-state index contributed by atoms with van der Waals surface area (Å²) in [6.45, 7) is 3.24. The molecule has 0 amide bonds. The molecule has 0 radical (unpaired) electrons. The van der Waals surface area contributed by atoms with Crippen LogP contribution in [0.3, 0.4) is 0 Å². The number of ether oxygens (including phenoxy) is 1. The van der Waals surface area contributed by atoms with Crippen LogP contribution in [-0.2, 0) is 4.74 Å². The molecule has 1 aliphatic heterocycles. The van der Waals surface area contributed by atoms with Crippen molar-refractivity contribution in [3.05, 3.63) is 0 Å². The van der Waals surface area contributed by atoms with Gasteiger partial charge in [-0.2, -0.15) is 0 Å². The standard InChI is InChI=1S/C14H23F2NO/c15-14(16)6-1-2-12(8-14)18-13-5-7-17(10-13)9-11-3-4-11/h11-13H,1-10H2. The van der Waals surface area contributed by atoms with Gasteiger partial charge in [-0.05, 0) is 38.0 Å². The second-order valence-corrected chi connectivity index (χ2v) is 6.32. The van der Waals surface area contributed by atoms with Crippen LogP contribution in [-0.4, -0.2) is 42.7 Å². The molecule has 0 spiro atoms. The second-order valence-electron chi connectivity index (χ2n) is 6.32. The van der Waals surface area contributed by atoms with Gasteiger partial charge in [0.15, 0.2) is 0 Å². The Morgan fingerprint density at radius 3 is 2.67 bits per heavy atom. The molecular formula is C14H23F2NO. The summed E-state index contributed by atoms with van der Waals surface area (Å²) in [5, 5.41) is 0. The quantitative estimate of drug-likeness (QED) is 0.769. The molecule has 3 fully saturated rings. The van der Waals surface area contributed by atoms with Gasteiger partial charge in [-0.25, -0.2) is 8.78 Å². The van der Waals surface area contributed by atoms with Crippen molar-refractivity contribution < 1.29 is 13.5 Å². The number of alkyl halides is 2. The highest BCUT2D eigenvalue weighted by Crippen LogP contribution is 2.36. The largest absolute Gasteiger partial charge is 0.373 e. The van der Waals surface area contributed by atoms with Crippen LogP contribution in [0.25, 0.3) is 0 Å². The first-order valence-corrected chi connectivity index (χ1v) is 7.36. The third-order valence-electron chi connectivity index (χ3n) is 4.42. The lowest BCUT2D eigenvalue weighted by Crippen LogP contribution is -2.35. The lowest BCUT2D eigenvalue weighted by molar-refractivity contribution is -0.113. The molecular weight excluding hydrogens is 236 g/mol. The maximum Gasteiger partial charge on any atom is 0.250 e. The predicted molar refractivity (Wildman–Crippen MR) is 65.9 cm³/mol. The monoisotopic (exact) mass is 259 g/mol. The molecule has 1 heterocycles. The molecule has 2 nitrogen and oxygen atoms in total. The van der Waals surface area contributed by atoms with Crippen molar-refractivity contribution in [1.29, 1.82) is 0 Å². The first kappa shape index (κ1) is 12.8. The number of hydrogen-bond donors (Lipinski definition) is 0. The van der Waals surface area contributed by atoms with Crippen LogP contribution in [0.1, 0.15) is 44.9 Å². The number of hydrogen-bond acceptors (Lipinski definition) is 2. The molecule has 18 heavy (non-hydrogen) atoms. The summed E-state index contributed by atoms with van der Waals surface area (Å²) in [6.07, 6.45) is 5.16. The summed E-state index contributed by atoms with van der Waals surface area (Å²) < 4.78 is 32.5. The fourth-order valence-electron chi connectivity index (χ4n) is 3.25. The lowest BCUT2D eigenvalue weighted by atomic mass is 9.94. The van der Waals surface area contributed by atoms with Crippen molar-refractivity contribution in [3.8, 4) is 0 Å². The van der Waals surface area contributed by atoms with Crippen molar-refractivity contribution in [2.24, 2.45) is 5.92 Å². The van der Waals surface area contributed by atoms with Crippen LogP contribution in [0.4, 0.5) is 8.78 Å². The molecule has 3 aliphatic rings. The molecule has 3 rings (SSSR count). The molecule has 2 saturated carbocycles. The third kappa shape index (κ3) is 3.41. The molecule has 0 N–H and O–H groups in total. The minimum Gasteiger partial charge on any atom is -0.373 e. The summed E-state index contributed by atoms with van der Waals surface area (Å²) in [6, 6.07) is 0. The summed E-state index contributed by atoms with van der Waals surface area (Å²) in [5.74, 6) is -1.59. The average Bonchev–Trinajstić information content (AvgIpc) is 2.98. The van der Waals surface area contributed by atoms with E-state index in [2.05, 4.69) is 4.90 Å². The minimum absolute atomic E-state index is 0.0470. The summed E-state index contributed by atoms with van der Waals surface area (Å²) in [4.78, 5) is 2.45. The Hall–Kier alpha value is -0.220. The van der Waals surface area contributed by atoms with Gasteiger partial charge < -0.3 is 9.64 Å². The first-order chi connectivity index (χ1) is 8.61. The molecule has 0 aromatic heterocycles. The topological polar surface area (TPSA) is 12.5 Å². The van der Waals surface area contributed by atoms with Crippen molar-refractivity contribution in [2.75, 3.05) is 19.6 Å². The van der Waals surface area contributed by atoms with Gasteiger partial charge in [0.05, 0.1) is 12.2 Å². The highest BCUT2D eigenvalue weighted by Gasteiger charge is 2.38. The predicted octanol–water partition coefficient (Wildman–Crippen LogP) is 3.07. The van der Waals surface area contributed by atoms with Gasteiger partial charge in [0.1, 0.15) is 0 Å². The number of rotatable bonds is 4. The van der Waals surface area contributed by atoms with E-state index in [1.807, 2.05) is 0 Å². The minimum atomic E-state index is -2.49. The van der Waals surface area contributed by atoms with Crippen LogP contribution < -0.4 is 0 Å². The molecule has 1 saturated heterocycles. The summed E-state index contributed by atoms with van der Waals surface area (Å²) >= 11 is 0. The SMILES string of the molecule is FC1(F)CCCC(OC2CCN(CC3CC3)C2)C1. The Labute approximate surface area is 108 Å². The van der Waals surface area contributed by atoms with E-state index >= 15 is 0 Å². The number of nitrogens with zero attached hydrogens (tertiary/aromatic N) is 1. The normalized spacial score (nSPS) is 37.0. The summed E-state index contributed by atoms with van der Waals surface area (Å²) in [7, 11) is 0. The zero-order chi connectivity index (χ0) is 12.6. The molecule has 2 unspecified atom stereocenters. The molecule has 0 bridgehead atoms. The Kier molecular flexibility index (Phi) is 3.59. The number of halogens is 2. The molecule has 0 aromatic rings. The van der Waals surface area contributed by atoms with Crippen molar-refractivity contribution >= 4 is 0 Å². The lowest BCUT2D eigenvalue weighted by Gasteiger charge is -2.30. The van der Waals surface area contributed by atoms with E-state index in [-0.39, 0.29) is 25.0 Å². The fourth-order valence-corrected chi connectivity index (χ4v) is 3.25. The van der Waals surface area contributed by atoms with Gasteiger partial charge in [0.2, 0.25) is 0 Å². The molecule has 2 atom stereocenters. The van der Waals surface area contributed by atoms with E-state index < -0.39 is 5.92 Å². The van der Waals surface area contributed by atoms with Gasteiger partial charge in [-0.15, -0.1) is 0 Å². The molecule has 104 valence electrons. The molecule has 2 aliphatic carbocycles. The van der Waals surface area contributed by atoms with E-state index in [1.54, 1.807) is 0 Å². The molecule has 0 aromatic carbocycles. The van der Waals surface area contributed by atoms with E-state index in [4.69, 9.17) is 4.74 Å². The van der Waals surface area contributed by atoms with E-state index in [0.717, 1.165) is 31.8 Å². The van der Waals surface area contributed by atoms with Gasteiger partial charge >= 0.3 is 0 Å². The van der Waals surface area contributed by atoms with Crippen LogP contribution in [0.5, 0.6) is 0 Å². The maximum absolute atomic E-state index is 13.3. The van der Waals surface area contributed by atoms with Crippen molar-refractivity contribution in [1.82, 2.24) is 4.90 Å². The summed E-state index contributed by atoms with van der Waals surface area (Å²) in [5.41, 5.74) is 0. The van der Waals surface area contributed by atoms with Crippen molar-refractivity contribution in [2.45, 2.75) is 63.1 Å². The highest BCUT2D eigenvalue weighted by atomic mass is 19.3.